The second kappa shape index (κ2) is 8.09. The number of amides is 1. The number of sulfonamides is 1. The predicted octanol–water partition coefficient (Wildman–Crippen LogP) is 0.572. The van der Waals surface area contributed by atoms with E-state index in [1.165, 1.54) is 15.6 Å². The summed E-state index contributed by atoms with van der Waals surface area (Å²) in [6.45, 7) is 2.01. The number of hydrogen-bond donors (Lipinski definition) is 2. The van der Waals surface area contributed by atoms with Crippen molar-refractivity contribution in [2.45, 2.75) is 23.5 Å². The lowest BCUT2D eigenvalue weighted by atomic mass is 10.3. The van der Waals surface area contributed by atoms with Crippen molar-refractivity contribution >= 4 is 39.7 Å². The van der Waals surface area contributed by atoms with Crippen molar-refractivity contribution in [2.24, 2.45) is 5.73 Å². The molecule has 1 saturated heterocycles. The summed E-state index contributed by atoms with van der Waals surface area (Å²) in [4.78, 5) is 12.3. The molecule has 2 rings (SSSR count). The molecule has 0 radical (unpaired) electrons. The number of rotatable bonds is 6. The van der Waals surface area contributed by atoms with Crippen molar-refractivity contribution in [3.8, 4) is 0 Å². The Hall–Kier alpha value is -0.670. The quantitative estimate of drug-likeness (QED) is 0.782. The van der Waals surface area contributed by atoms with Gasteiger partial charge in [-0.2, -0.15) is 4.31 Å². The van der Waals surface area contributed by atoms with E-state index in [0.29, 0.717) is 30.4 Å². The molecule has 0 saturated carbocycles. The molecule has 1 aromatic rings. The topological polar surface area (TPSA) is 92.5 Å². The van der Waals surface area contributed by atoms with Crippen molar-refractivity contribution in [1.82, 2.24) is 9.62 Å². The van der Waals surface area contributed by atoms with Crippen LogP contribution in [0.5, 0.6) is 0 Å². The van der Waals surface area contributed by atoms with Crippen LogP contribution in [0.3, 0.4) is 0 Å². The number of carbonyl (C=O) groups excluding carboxylic acids is 1. The third kappa shape index (κ3) is 4.65. The highest BCUT2D eigenvalue weighted by molar-refractivity contribution is 7.91. The van der Waals surface area contributed by atoms with E-state index in [-0.39, 0.29) is 24.7 Å². The first-order valence-electron chi connectivity index (χ1n) is 6.59. The first kappa shape index (κ1) is 18.4. The maximum atomic E-state index is 12.3. The Labute approximate surface area is 135 Å². The summed E-state index contributed by atoms with van der Waals surface area (Å²) in [6.07, 6.45) is 2.03. The van der Waals surface area contributed by atoms with Crippen LogP contribution in [-0.2, 0) is 21.2 Å². The predicted molar refractivity (Wildman–Crippen MR) is 85.3 cm³/mol. The normalized spacial score (nSPS) is 15.7. The lowest BCUT2D eigenvalue weighted by Gasteiger charge is -2.13. The highest BCUT2D eigenvalue weighted by Gasteiger charge is 2.28. The van der Waals surface area contributed by atoms with Gasteiger partial charge in [0.2, 0.25) is 5.91 Å². The monoisotopic (exact) mass is 353 g/mol. The van der Waals surface area contributed by atoms with Crippen molar-refractivity contribution in [2.75, 3.05) is 26.2 Å². The summed E-state index contributed by atoms with van der Waals surface area (Å²) in [6, 6.07) is 3.29. The smallest absolute Gasteiger partial charge is 0.252 e. The maximum absolute atomic E-state index is 12.3. The van der Waals surface area contributed by atoms with Crippen LogP contribution in [0.15, 0.2) is 16.3 Å². The van der Waals surface area contributed by atoms with Gasteiger partial charge in [0, 0.05) is 31.1 Å². The van der Waals surface area contributed by atoms with Crippen LogP contribution < -0.4 is 11.1 Å². The second-order valence-electron chi connectivity index (χ2n) is 4.65. The van der Waals surface area contributed by atoms with Gasteiger partial charge in [-0.3, -0.25) is 4.79 Å². The fourth-order valence-corrected chi connectivity index (χ4v) is 5.11. The Morgan fingerprint density at radius 1 is 1.33 bits per heavy atom. The maximum Gasteiger partial charge on any atom is 0.252 e. The molecule has 1 amide bonds. The Bertz CT molecular complexity index is 568. The molecule has 21 heavy (non-hydrogen) atoms. The Morgan fingerprint density at radius 2 is 2.00 bits per heavy atom. The lowest BCUT2D eigenvalue weighted by Crippen LogP contribution is -2.30. The summed E-state index contributed by atoms with van der Waals surface area (Å²) in [5.74, 6) is -0.137. The minimum Gasteiger partial charge on any atom is -0.355 e. The molecule has 0 atom stereocenters. The lowest BCUT2D eigenvalue weighted by molar-refractivity contribution is -0.120. The van der Waals surface area contributed by atoms with Gasteiger partial charge in [-0.05, 0) is 25.0 Å². The zero-order chi connectivity index (χ0) is 14.6. The number of nitrogens with two attached hydrogens (primary N) is 1. The molecule has 1 aliphatic rings. The van der Waals surface area contributed by atoms with Gasteiger partial charge in [0.1, 0.15) is 4.21 Å². The molecule has 0 unspecified atom stereocenters. The molecule has 120 valence electrons. The molecule has 2 heterocycles. The Morgan fingerprint density at radius 3 is 2.62 bits per heavy atom. The summed E-state index contributed by atoms with van der Waals surface area (Å²) < 4.78 is 26.5. The number of nitrogens with one attached hydrogen (secondary N) is 1. The summed E-state index contributed by atoms with van der Waals surface area (Å²) in [7, 11) is -3.37. The van der Waals surface area contributed by atoms with Crippen LogP contribution in [0.2, 0.25) is 0 Å². The van der Waals surface area contributed by atoms with Gasteiger partial charge in [0.05, 0.1) is 6.42 Å². The molecule has 0 aliphatic carbocycles. The van der Waals surface area contributed by atoms with Gasteiger partial charge in [-0.25, -0.2) is 8.42 Å². The van der Waals surface area contributed by atoms with E-state index in [0.717, 1.165) is 17.7 Å². The average molecular weight is 354 g/mol. The highest BCUT2D eigenvalue weighted by atomic mass is 35.5. The summed E-state index contributed by atoms with van der Waals surface area (Å²) in [5, 5.41) is 2.67. The molecule has 1 aliphatic heterocycles. The molecule has 1 aromatic heterocycles. The summed E-state index contributed by atoms with van der Waals surface area (Å²) in [5.41, 5.74) is 5.30. The van der Waals surface area contributed by atoms with E-state index in [2.05, 4.69) is 5.32 Å². The van der Waals surface area contributed by atoms with Gasteiger partial charge < -0.3 is 11.1 Å². The zero-order valence-electron chi connectivity index (χ0n) is 11.6. The molecule has 3 N–H and O–H groups in total. The Kier molecular flexibility index (Phi) is 7.08. The molecule has 9 heteroatoms. The van der Waals surface area contributed by atoms with E-state index in [1.807, 2.05) is 0 Å². The molecule has 0 spiro atoms. The fourth-order valence-electron chi connectivity index (χ4n) is 2.08. The van der Waals surface area contributed by atoms with Crippen molar-refractivity contribution in [3.05, 3.63) is 17.0 Å². The molecule has 1 fully saturated rings. The number of hydrogen-bond acceptors (Lipinski definition) is 5. The van der Waals surface area contributed by atoms with Crippen molar-refractivity contribution < 1.29 is 13.2 Å². The van der Waals surface area contributed by atoms with Crippen LogP contribution >= 0.6 is 23.7 Å². The average Bonchev–Trinajstić information content (AvgIpc) is 3.07. The molecule has 0 bridgehead atoms. The molecular weight excluding hydrogens is 334 g/mol. The first-order valence-corrected chi connectivity index (χ1v) is 8.85. The SMILES string of the molecule is Cl.NCCNC(=O)Cc1ccc(S(=O)(=O)N2CCCC2)s1. The van der Waals surface area contributed by atoms with Crippen LogP contribution in [0.4, 0.5) is 0 Å². The van der Waals surface area contributed by atoms with E-state index in [9.17, 15) is 13.2 Å². The first-order chi connectivity index (χ1) is 9.54. The van der Waals surface area contributed by atoms with Gasteiger partial charge in [-0.15, -0.1) is 23.7 Å². The zero-order valence-corrected chi connectivity index (χ0v) is 14.0. The third-order valence-electron chi connectivity index (χ3n) is 3.10. The van der Waals surface area contributed by atoms with E-state index < -0.39 is 10.0 Å². The minimum atomic E-state index is -3.37. The Balaban J connectivity index is 0.00000220. The highest BCUT2D eigenvalue weighted by Crippen LogP contribution is 2.27. The van der Waals surface area contributed by atoms with E-state index in [4.69, 9.17) is 5.73 Å². The van der Waals surface area contributed by atoms with Gasteiger partial charge in [-0.1, -0.05) is 0 Å². The number of thiophene rings is 1. The molecular formula is C12H20ClN3O3S2. The number of nitrogens with zero attached hydrogens (tertiary/aromatic N) is 1. The third-order valence-corrected chi connectivity index (χ3v) is 6.55. The molecule has 0 aromatic carbocycles. The van der Waals surface area contributed by atoms with Crippen LogP contribution in [-0.4, -0.2) is 44.8 Å². The fraction of sp³-hybridized carbons (Fsp3) is 0.583. The van der Waals surface area contributed by atoms with Gasteiger partial charge >= 0.3 is 0 Å². The largest absolute Gasteiger partial charge is 0.355 e. The van der Waals surface area contributed by atoms with Crippen molar-refractivity contribution in [3.63, 3.8) is 0 Å². The van der Waals surface area contributed by atoms with E-state index >= 15 is 0 Å². The summed E-state index contributed by atoms with van der Waals surface area (Å²) >= 11 is 1.17. The van der Waals surface area contributed by atoms with Crippen LogP contribution in [0, 0.1) is 0 Å². The van der Waals surface area contributed by atoms with Gasteiger partial charge in [0.15, 0.2) is 0 Å². The van der Waals surface area contributed by atoms with Crippen molar-refractivity contribution in [1.29, 1.82) is 0 Å². The van der Waals surface area contributed by atoms with Crippen LogP contribution in [0.25, 0.3) is 0 Å². The van der Waals surface area contributed by atoms with E-state index in [1.54, 1.807) is 12.1 Å². The standard InChI is InChI=1S/C12H19N3O3S2.ClH/c13-5-6-14-11(16)9-10-3-4-12(19-10)20(17,18)15-7-1-2-8-15;/h3-4H,1-2,5-9,13H2,(H,14,16);1H. The number of carbonyl (C=O) groups is 1. The number of halogens is 1. The minimum absolute atomic E-state index is 0. The molecule has 6 nitrogen and oxygen atoms in total. The van der Waals surface area contributed by atoms with Crippen LogP contribution in [0.1, 0.15) is 17.7 Å². The van der Waals surface area contributed by atoms with Gasteiger partial charge in [0.25, 0.3) is 10.0 Å². The second-order valence-corrected chi connectivity index (χ2v) is 7.98.